The predicted octanol–water partition coefficient (Wildman–Crippen LogP) is 3.80. The number of carbonyl (C=O) groups is 1. The molecule has 0 unspecified atom stereocenters. The summed E-state index contributed by atoms with van der Waals surface area (Å²) in [6, 6.07) is 2.40. The number of thiazole rings is 1. The highest BCUT2D eigenvalue weighted by Gasteiger charge is 2.34. The summed E-state index contributed by atoms with van der Waals surface area (Å²) in [4.78, 5) is 35.8. The number of nitrogens with zero attached hydrogens (tertiary/aromatic N) is 4. The third-order valence-corrected chi connectivity index (χ3v) is 5.74. The number of urea groups is 1. The molecule has 2 amide bonds. The van der Waals surface area contributed by atoms with Crippen LogP contribution in [0.15, 0.2) is 39.1 Å². The van der Waals surface area contributed by atoms with E-state index in [1.165, 1.54) is 31.6 Å². The van der Waals surface area contributed by atoms with Crippen molar-refractivity contribution in [3.63, 3.8) is 0 Å². The number of methoxy groups -OCH3 is 1. The molecule has 4 aromatic rings. The molecule has 0 aliphatic carbocycles. The van der Waals surface area contributed by atoms with Crippen LogP contribution in [-0.4, -0.2) is 58.0 Å². The molecule has 3 N–H and O–H groups in total. The zero-order valence-corrected chi connectivity index (χ0v) is 20.7. The van der Waals surface area contributed by atoms with Gasteiger partial charge in [-0.15, -0.1) is 16.4 Å². The van der Waals surface area contributed by atoms with E-state index < -0.39 is 23.7 Å². The van der Waals surface area contributed by atoms with Crippen molar-refractivity contribution >= 4 is 23.2 Å². The van der Waals surface area contributed by atoms with Crippen LogP contribution in [0.2, 0.25) is 0 Å². The number of alkyl halides is 3. The van der Waals surface area contributed by atoms with Crippen molar-refractivity contribution in [2.45, 2.75) is 13.1 Å². The van der Waals surface area contributed by atoms with Gasteiger partial charge < -0.3 is 19.2 Å². The maximum absolute atomic E-state index is 13.3. The Morgan fingerprint density at radius 2 is 1.97 bits per heavy atom. The van der Waals surface area contributed by atoms with Crippen LogP contribution in [0.1, 0.15) is 12.6 Å². The van der Waals surface area contributed by atoms with Gasteiger partial charge in [-0.1, -0.05) is 0 Å². The molecule has 4 heterocycles. The van der Waals surface area contributed by atoms with Crippen LogP contribution in [0, 0.1) is 0 Å². The Labute approximate surface area is 216 Å². The van der Waals surface area contributed by atoms with Crippen molar-refractivity contribution in [1.29, 1.82) is 0 Å². The molecule has 4 rings (SSSR count). The van der Waals surface area contributed by atoms with Crippen molar-refractivity contribution in [2.24, 2.45) is 0 Å². The number of aromatic nitrogens is 5. The Hall–Kier alpha value is -4.31. The van der Waals surface area contributed by atoms with Gasteiger partial charge in [-0.05, 0) is 19.1 Å². The number of hydrogen-bond acceptors (Lipinski definition) is 10. The molecule has 0 radical (unpaired) electrons. The highest BCUT2D eigenvalue weighted by atomic mass is 32.1. The number of aromatic amines is 1. The average molecular weight is 552 g/mol. The van der Waals surface area contributed by atoms with Crippen molar-refractivity contribution in [3.05, 3.63) is 46.2 Å². The lowest BCUT2D eigenvalue weighted by Gasteiger charge is -2.13. The summed E-state index contributed by atoms with van der Waals surface area (Å²) in [5.41, 5.74) is 0.0989. The Kier molecular flexibility index (Phi) is 8.02. The highest BCUT2D eigenvalue weighted by Crippen LogP contribution is 2.40. The first kappa shape index (κ1) is 26.7. The fourth-order valence-corrected chi connectivity index (χ4v) is 4.07. The summed E-state index contributed by atoms with van der Waals surface area (Å²) in [5, 5.41) is 12.0. The van der Waals surface area contributed by atoms with Crippen molar-refractivity contribution in [1.82, 2.24) is 30.5 Å². The van der Waals surface area contributed by atoms with Crippen LogP contribution in [0.4, 0.5) is 23.8 Å². The molecule has 0 saturated carbocycles. The smallest absolute Gasteiger partial charge is 0.434 e. The van der Waals surface area contributed by atoms with Crippen LogP contribution in [0.3, 0.4) is 0 Å². The van der Waals surface area contributed by atoms with Crippen LogP contribution >= 0.6 is 11.3 Å². The largest absolute Gasteiger partial charge is 0.475 e. The second-order valence-corrected chi connectivity index (χ2v) is 8.33. The number of nitrogens with one attached hydrogen (secondary N) is 3. The maximum Gasteiger partial charge on any atom is 0.434 e. The minimum atomic E-state index is -4.64. The monoisotopic (exact) mass is 551 g/mol. The third-order valence-electron chi connectivity index (χ3n) is 4.86. The van der Waals surface area contributed by atoms with Crippen molar-refractivity contribution < 1.29 is 31.9 Å². The second kappa shape index (κ2) is 11.4. The number of carbonyl (C=O) groups excluding carboxylic acids is 1. The summed E-state index contributed by atoms with van der Waals surface area (Å²) in [5.74, 6) is -0.753. The number of amides is 2. The van der Waals surface area contributed by atoms with E-state index in [0.29, 0.717) is 17.7 Å². The topological polar surface area (TPSA) is 157 Å². The van der Waals surface area contributed by atoms with Gasteiger partial charge in [0, 0.05) is 48.1 Å². The van der Waals surface area contributed by atoms with E-state index in [-0.39, 0.29) is 46.9 Å². The molecule has 38 heavy (non-hydrogen) atoms. The summed E-state index contributed by atoms with van der Waals surface area (Å²) < 4.78 is 55.5. The third kappa shape index (κ3) is 6.15. The molecule has 0 atom stereocenters. The van der Waals surface area contributed by atoms with Gasteiger partial charge in [0.2, 0.25) is 5.88 Å². The first-order valence-electron chi connectivity index (χ1n) is 11.0. The molecule has 12 nitrogen and oxygen atoms in total. The zero-order valence-electron chi connectivity index (χ0n) is 19.9. The van der Waals surface area contributed by atoms with E-state index in [0.717, 1.165) is 16.7 Å². The Morgan fingerprint density at radius 1 is 1.16 bits per heavy atom. The summed E-state index contributed by atoms with van der Waals surface area (Å²) in [6.45, 7) is 2.48. The standard InChI is InChI=1S/C22H20F3N7O5S/c1-3-26-20(33)30-16-7-12(19-29-15(10-38-19)22(23,24)25)14(9-27-16)11-6-13(18-31-32-21(34)37-18)17(28-8-11)36-5-4-35-2/h6-10H,3-5H2,1-2H3,(H,32,34)(H2,26,27,30,33). The fraction of sp³-hybridized carbons (Fsp3) is 0.273. The number of ether oxygens (including phenoxy) is 2. The number of anilines is 1. The van der Waals surface area contributed by atoms with Crippen LogP contribution < -0.4 is 21.1 Å². The Bertz CT molecular complexity index is 1480. The van der Waals surface area contributed by atoms with E-state index in [1.807, 2.05) is 0 Å². The van der Waals surface area contributed by atoms with Crippen LogP contribution in [0.5, 0.6) is 5.88 Å². The van der Waals surface area contributed by atoms with Gasteiger partial charge in [-0.25, -0.2) is 29.6 Å². The van der Waals surface area contributed by atoms with Gasteiger partial charge >= 0.3 is 18.0 Å². The summed E-state index contributed by atoms with van der Waals surface area (Å²) in [6.07, 6.45) is -1.87. The number of hydrogen-bond donors (Lipinski definition) is 3. The van der Waals surface area contributed by atoms with Gasteiger partial charge in [-0.2, -0.15) is 13.2 Å². The van der Waals surface area contributed by atoms with E-state index >= 15 is 0 Å². The number of H-pyrrole nitrogens is 1. The number of pyridine rings is 2. The second-order valence-electron chi connectivity index (χ2n) is 7.47. The molecular weight excluding hydrogens is 531 g/mol. The Morgan fingerprint density at radius 3 is 2.63 bits per heavy atom. The normalized spacial score (nSPS) is 11.4. The molecule has 16 heteroatoms. The molecule has 0 aromatic carbocycles. The minimum Gasteiger partial charge on any atom is -0.475 e. The molecule has 0 saturated heterocycles. The molecule has 200 valence electrons. The van der Waals surface area contributed by atoms with E-state index in [9.17, 15) is 22.8 Å². The van der Waals surface area contributed by atoms with Gasteiger partial charge in [0.05, 0.1) is 6.61 Å². The van der Waals surface area contributed by atoms with Gasteiger partial charge in [-0.3, -0.25) is 5.32 Å². The number of rotatable bonds is 9. The lowest BCUT2D eigenvalue weighted by Crippen LogP contribution is -2.28. The molecule has 0 aliphatic rings. The quantitative estimate of drug-likeness (QED) is 0.263. The van der Waals surface area contributed by atoms with E-state index in [2.05, 4.69) is 35.8 Å². The lowest BCUT2D eigenvalue weighted by molar-refractivity contribution is -0.140. The van der Waals surface area contributed by atoms with Crippen LogP contribution in [0.25, 0.3) is 33.2 Å². The fourth-order valence-electron chi connectivity index (χ4n) is 3.21. The van der Waals surface area contributed by atoms with Crippen molar-refractivity contribution in [3.8, 4) is 39.0 Å². The van der Waals surface area contributed by atoms with Crippen LogP contribution in [-0.2, 0) is 10.9 Å². The first-order chi connectivity index (χ1) is 18.2. The molecule has 0 spiro atoms. The van der Waals surface area contributed by atoms with Gasteiger partial charge in [0.15, 0.2) is 5.69 Å². The first-order valence-corrected chi connectivity index (χ1v) is 11.8. The average Bonchev–Trinajstić information content (AvgIpc) is 3.54. The van der Waals surface area contributed by atoms with Crippen molar-refractivity contribution in [2.75, 3.05) is 32.2 Å². The minimum absolute atomic E-state index is 0.0296. The molecule has 0 bridgehead atoms. The Balaban J connectivity index is 1.83. The summed E-state index contributed by atoms with van der Waals surface area (Å²) >= 11 is 0.773. The van der Waals surface area contributed by atoms with E-state index in [1.54, 1.807) is 6.92 Å². The lowest BCUT2D eigenvalue weighted by atomic mass is 10.0. The maximum atomic E-state index is 13.3. The van der Waals surface area contributed by atoms with Gasteiger partial charge in [0.1, 0.15) is 23.0 Å². The summed E-state index contributed by atoms with van der Waals surface area (Å²) in [7, 11) is 1.50. The number of halogens is 3. The highest BCUT2D eigenvalue weighted by molar-refractivity contribution is 7.13. The van der Waals surface area contributed by atoms with E-state index in [4.69, 9.17) is 13.9 Å². The zero-order chi connectivity index (χ0) is 27.3. The molecule has 0 aliphatic heterocycles. The SMILES string of the molecule is CCNC(=O)Nc1cc(-c2nc(C(F)(F)F)cs2)c(-c2cnc(OCCOC)c(-c3n[nH]c(=O)o3)c2)cn1. The predicted molar refractivity (Wildman–Crippen MR) is 130 cm³/mol. The molecule has 0 fully saturated rings. The molecule has 4 aromatic heterocycles. The molecular formula is C22H20F3N7O5S. The van der Waals surface area contributed by atoms with Gasteiger partial charge in [0.25, 0.3) is 5.89 Å².